The molecule has 0 aliphatic carbocycles. The van der Waals surface area contributed by atoms with E-state index in [0.29, 0.717) is 0 Å². The van der Waals surface area contributed by atoms with E-state index in [-0.39, 0.29) is 21.4 Å². The molecule has 0 amide bonds. The van der Waals surface area contributed by atoms with Gasteiger partial charge in [-0.05, 0) is 18.4 Å². The van der Waals surface area contributed by atoms with Crippen LogP contribution in [-0.4, -0.2) is 22.5 Å². The largest absolute Gasteiger partial charge is 0.478 e. The van der Waals surface area contributed by atoms with Gasteiger partial charge in [0.25, 0.3) is 0 Å². The van der Waals surface area contributed by atoms with Crippen LogP contribution in [0.15, 0.2) is 23.2 Å². The first kappa shape index (κ1) is 13.4. The van der Waals surface area contributed by atoms with E-state index >= 15 is 0 Å². The van der Waals surface area contributed by atoms with Gasteiger partial charge in [0.05, 0.1) is 16.3 Å². The predicted molar refractivity (Wildman–Crippen MR) is 67.8 cm³/mol. The van der Waals surface area contributed by atoms with Crippen LogP contribution in [0.4, 0.5) is 5.69 Å². The van der Waals surface area contributed by atoms with Crippen molar-refractivity contribution in [3.63, 3.8) is 0 Å². The quantitative estimate of drug-likeness (QED) is 0.373. The zero-order chi connectivity index (χ0) is 12.8. The monoisotopic (exact) mass is 269 g/mol. The number of rotatable bonds is 2. The van der Waals surface area contributed by atoms with E-state index in [2.05, 4.69) is 10.3 Å². The second-order valence-electron chi connectivity index (χ2n) is 2.80. The van der Waals surface area contributed by atoms with Crippen molar-refractivity contribution in [1.29, 1.82) is 5.26 Å². The van der Waals surface area contributed by atoms with Gasteiger partial charge in [0, 0.05) is 0 Å². The van der Waals surface area contributed by atoms with Crippen molar-refractivity contribution < 1.29 is 9.90 Å². The minimum absolute atomic E-state index is 0.0104. The molecule has 17 heavy (non-hydrogen) atoms. The number of nitriles is 1. The molecule has 7 heteroatoms. The lowest BCUT2D eigenvalue weighted by molar-refractivity contribution is 0.0698. The highest BCUT2D eigenvalue weighted by molar-refractivity contribution is 8.13. The Kier molecular flexibility index (Phi) is 4.82. The maximum atomic E-state index is 11.0. The number of nitrogens with zero attached hydrogens (tertiary/aromatic N) is 2. The van der Waals surface area contributed by atoms with E-state index in [4.69, 9.17) is 22.0 Å². The van der Waals surface area contributed by atoms with Crippen molar-refractivity contribution in [2.75, 3.05) is 6.26 Å². The lowest BCUT2D eigenvalue weighted by atomic mass is 10.2. The number of para-hydroxylation sites is 1. The molecule has 0 bridgehead atoms. The average molecular weight is 270 g/mol. The van der Waals surface area contributed by atoms with Crippen molar-refractivity contribution in [3.8, 4) is 6.19 Å². The third-order valence-electron chi connectivity index (χ3n) is 1.79. The Morgan fingerprint density at radius 3 is 2.88 bits per heavy atom. The number of nitrogens with one attached hydrogen (secondary N) is 1. The summed E-state index contributed by atoms with van der Waals surface area (Å²) < 4.78 is 0. The summed E-state index contributed by atoms with van der Waals surface area (Å²) in [6.07, 6.45) is 3.42. The topological polar surface area (TPSA) is 85.5 Å². The van der Waals surface area contributed by atoms with Crippen LogP contribution in [0.3, 0.4) is 0 Å². The van der Waals surface area contributed by atoms with Gasteiger partial charge >= 0.3 is 5.97 Å². The Labute approximate surface area is 107 Å². The number of halogens is 1. The molecule has 0 aromatic heterocycles. The lowest BCUT2D eigenvalue weighted by Gasteiger charge is -2.05. The van der Waals surface area contributed by atoms with Gasteiger partial charge in [-0.15, -0.1) is 0 Å². The summed E-state index contributed by atoms with van der Waals surface area (Å²) in [7, 11) is 0. The van der Waals surface area contributed by atoms with Gasteiger partial charge in [-0.1, -0.05) is 29.4 Å². The second-order valence-corrected chi connectivity index (χ2v) is 4.00. The number of carboxylic acids is 1. The van der Waals surface area contributed by atoms with Gasteiger partial charge in [0.15, 0.2) is 11.4 Å². The molecule has 1 rings (SSSR count). The van der Waals surface area contributed by atoms with E-state index in [9.17, 15) is 4.79 Å². The SMILES string of the molecule is CSC(=Nc1c(Cl)cccc1C(=O)O)NC#N. The molecule has 2 N–H and O–H groups in total. The zero-order valence-electron chi connectivity index (χ0n) is 8.77. The summed E-state index contributed by atoms with van der Waals surface area (Å²) in [6.45, 7) is 0. The minimum Gasteiger partial charge on any atom is -0.478 e. The molecule has 0 unspecified atom stereocenters. The number of benzene rings is 1. The minimum atomic E-state index is -1.12. The number of thioether (sulfide) groups is 1. The molecule has 0 saturated heterocycles. The molecule has 0 radical (unpaired) electrons. The Morgan fingerprint density at radius 2 is 2.35 bits per heavy atom. The Hall–Kier alpha value is -1.71. The first-order valence-corrected chi connectivity index (χ1v) is 6.00. The van der Waals surface area contributed by atoms with Crippen LogP contribution in [0.5, 0.6) is 0 Å². The number of hydrogen-bond acceptors (Lipinski definition) is 4. The van der Waals surface area contributed by atoms with Crippen molar-refractivity contribution in [2.45, 2.75) is 0 Å². The first-order chi connectivity index (χ1) is 8.10. The van der Waals surface area contributed by atoms with Gasteiger partial charge < -0.3 is 5.11 Å². The molecule has 1 aromatic rings. The van der Waals surface area contributed by atoms with E-state index in [1.165, 1.54) is 30.0 Å². The van der Waals surface area contributed by atoms with Crippen molar-refractivity contribution in [1.82, 2.24) is 5.32 Å². The molecule has 5 nitrogen and oxygen atoms in total. The molecular weight excluding hydrogens is 262 g/mol. The van der Waals surface area contributed by atoms with E-state index in [0.717, 1.165) is 0 Å². The Morgan fingerprint density at radius 1 is 1.65 bits per heavy atom. The summed E-state index contributed by atoms with van der Waals surface area (Å²) in [5.74, 6) is -1.12. The molecule has 0 saturated carbocycles. The number of carbonyl (C=O) groups is 1. The van der Waals surface area contributed by atoms with Crippen molar-refractivity contribution in [3.05, 3.63) is 28.8 Å². The number of aliphatic imine (C=N–C) groups is 1. The summed E-state index contributed by atoms with van der Waals surface area (Å²) in [5, 5.41) is 20.3. The van der Waals surface area contributed by atoms with Crippen LogP contribution in [0.2, 0.25) is 5.02 Å². The maximum absolute atomic E-state index is 11.0. The molecule has 0 aliphatic heterocycles. The molecular formula is C10H8ClN3O2S. The standard InChI is InChI=1S/C10H8ClN3O2S/c1-17-10(13-5-12)14-8-6(9(15)16)3-2-4-7(8)11/h2-4H,1H3,(H,13,14)(H,15,16). The predicted octanol–water partition coefficient (Wildman–Crippen LogP) is 2.46. The highest BCUT2D eigenvalue weighted by Crippen LogP contribution is 2.29. The summed E-state index contributed by atoms with van der Waals surface area (Å²) >= 11 is 7.07. The summed E-state index contributed by atoms with van der Waals surface area (Å²) in [4.78, 5) is 15.0. The normalized spacial score (nSPS) is 10.8. The molecule has 1 aromatic carbocycles. The van der Waals surface area contributed by atoms with Crippen LogP contribution in [-0.2, 0) is 0 Å². The summed E-state index contributed by atoms with van der Waals surface area (Å²) in [6, 6.07) is 4.47. The van der Waals surface area contributed by atoms with Gasteiger partial charge in [-0.2, -0.15) is 5.26 Å². The van der Waals surface area contributed by atoms with Gasteiger partial charge in [-0.3, -0.25) is 5.32 Å². The van der Waals surface area contributed by atoms with E-state index in [1.54, 1.807) is 12.4 Å². The van der Waals surface area contributed by atoms with Gasteiger partial charge in [0.2, 0.25) is 0 Å². The Bertz CT molecular complexity index is 511. The maximum Gasteiger partial charge on any atom is 0.337 e. The molecule has 0 fully saturated rings. The van der Waals surface area contributed by atoms with Crippen molar-refractivity contribution >= 4 is 40.2 Å². The third-order valence-corrected chi connectivity index (χ3v) is 2.67. The zero-order valence-corrected chi connectivity index (χ0v) is 10.3. The van der Waals surface area contributed by atoms with Crippen LogP contribution in [0, 0.1) is 11.5 Å². The fourth-order valence-corrected chi connectivity index (χ4v) is 1.62. The smallest absolute Gasteiger partial charge is 0.337 e. The first-order valence-electron chi connectivity index (χ1n) is 4.39. The molecule has 0 aliphatic rings. The Balaban J connectivity index is 3.30. The number of amidine groups is 1. The molecule has 88 valence electrons. The number of aromatic carboxylic acids is 1. The fraction of sp³-hybridized carbons (Fsp3) is 0.100. The number of carboxylic acid groups (broad SMARTS) is 1. The van der Waals surface area contributed by atoms with E-state index < -0.39 is 5.97 Å². The number of hydrogen-bond donors (Lipinski definition) is 2. The van der Waals surface area contributed by atoms with Crippen LogP contribution >= 0.6 is 23.4 Å². The molecule has 0 atom stereocenters. The second kappa shape index (κ2) is 6.13. The van der Waals surface area contributed by atoms with Crippen molar-refractivity contribution in [2.24, 2.45) is 4.99 Å². The van der Waals surface area contributed by atoms with Crippen LogP contribution in [0.25, 0.3) is 0 Å². The lowest BCUT2D eigenvalue weighted by Crippen LogP contribution is -2.13. The highest BCUT2D eigenvalue weighted by atomic mass is 35.5. The summed E-state index contributed by atoms with van der Waals surface area (Å²) in [5.41, 5.74) is 0.123. The average Bonchev–Trinajstić information content (AvgIpc) is 2.30. The van der Waals surface area contributed by atoms with Crippen LogP contribution in [0.1, 0.15) is 10.4 Å². The fourth-order valence-electron chi connectivity index (χ4n) is 1.08. The third kappa shape index (κ3) is 3.37. The van der Waals surface area contributed by atoms with Gasteiger partial charge in [-0.25, -0.2) is 9.79 Å². The van der Waals surface area contributed by atoms with Crippen LogP contribution < -0.4 is 5.32 Å². The highest BCUT2D eigenvalue weighted by Gasteiger charge is 2.13. The molecule has 0 heterocycles. The van der Waals surface area contributed by atoms with E-state index in [1.807, 2.05) is 0 Å². The van der Waals surface area contributed by atoms with Gasteiger partial charge in [0.1, 0.15) is 0 Å². The molecule has 0 spiro atoms.